The molecule has 0 aliphatic heterocycles. The molecule has 4 N–H and O–H groups in total. The summed E-state index contributed by atoms with van der Waals surface area (Å²) in [6.07, 6.45) is 0.199. The molecule has 0 saturated carbocycles. The molecule has 9 heteroatoms. The monoisotopic (exact) mass is 319 g/mol. The summed E-state index contributed by atoms with van der Waals surface area (Å²) in [6.45, 7) is 4.78. The van der Waals surface area contributed by atoms with Crippen LogP contribution in [0.3, 0.4) is 0 Å². The highest BCUT2D eigenvalue weighted by molar-refractivity contribution is 7.99. The topological polar surface area (TPSA) is 125 Å². The maximum atomic E-state index is 11.4. The summed E-state index contributed by atoms with van der Waals surface area (Å²) in [4.78, 5) is 44.3. The molecule has 0 rings (SSSR count). The third-order valence-electron chi connectivity index (χ3n) is 2.13. The lowest BCUT2D eigenvalue weighted by atomic mass is 10.2. The Morgan fingerprint density at radius 1 is 1.14 bits per heavy atom. The molecule has 0 spiro atoms. The fourth-order valence-electron chi connectivity index (χ4n) is 1.33. The molecule has 0 bridgehead atoms. The van der Waals surface area contributed by atoms with Crippen molar-refractivity contribution in [2.45, 2.75) is 39.3 Å². The Bertz CT molecular complexity index is 400. The zero-order chi connectivity index (χ0) is 16.4. The first-order chi connectivity index (χ1) is 9.72. The number of carboxylic acids is 1. The number of carbonyl (C=O) groups is 4. The van der Waals surface area contributed by atoms with Crippen LogP contribution < -0.4 is 16.0 Å². The van der Waals surface area contributed by atoms with Gasteiger partial charge in [0.05, 0.1) is 5.75 Å². The third kappa shape index (κ3) is 10.7. The van der Waals surface area contributed by atoms with Gasteiger partial charge in [0.25, 0.3) is 0 Å². The number of hydrogen-bond acceptors (Lipinski definition) is 5. The lowest BCUT2D eigenvalue weighted by Gasteiger charge is -2.12. The van der Waals surface area contributed by atoms with Gasteiger partial charge >= 0.3 is 12.0 Å². The number of nitrogens with one attached hydrogen (secondary N) is 3. The summed E-state index contributed by atoms with van der Waals surface area (Å²) in [6, 6.07) is -1.60. The van der Waals surface area contributed by atoms with Crippen LogP contribution in [0.15, 0.2) is 0 Å². The first-order valence-corrected chi connectivity index (χ1v) is 7.55. The van der Waals surface area contributed by atoms with Crippen molar-refractivity contribution < 1.29 is 24.3 Å². The Morgan fingerprint density at radius 2 is 1.76 bits per heavy atom. The van der Waals surface area contributed by atoms with E-state index in [0.29, 0.717) is 5.75 Å². The summed E-state index contributed by atoms with van der Waals surface area (Å²) in [7, 11) is 0. The molecule has 0 aliphatic rings. The van der Waals surface area contributed by atoms with Crippen molar-refractivity contribution in [3.63, 3.8) is 0 Å². The van der Waals surface area contributed by atoms with Crippen LogP contribution in [0.2, 0.25) is 0 Å². The number of imide groups is 1. The van der Waals surface area contributed by atoms with Gasteiger partial charge in [-0.15, -0.1) is 0 Å². The SMILES string of the molecule is CC(=O)NC(CCSCC(=O)NC(=O)NC(C)C)C(=O)O. The lowest BCUT2D eigenvalue weighted by molar-refractivity contribution is -0.141. The number of rotatable bonds is 8. The molecule has 21 heavy (non-hydrogen) atoms. The minimum atomic E-state index is -1.12. The van der Waals surface area contributed by atoms with Gasteiger partial charge in [0.1, 0.15) is 6.04 Å². The second kappa shape index (κ2) is 10.0. The predicted octanol–water partition coefficient (Wildman–Crippen LogP) is -0.0668. The molecule has 0 radical (unpaired) electrons. The highest BCUT2D eigenvalue weighted by Crippen LogP contribution is 2.05. The van der Waals surface area contributed by atoms with Crippen molar-refractivity contribution in [3.8, 4) is 0 Å². The average Bonchev–Trinajstić information content (AvgIpc) is 2.30. The fraction of sp³-hybridized carbons (Fsp3) is 0.667. The Hall–Kier alpha value is -1.77. The van der Waals surface area contributed by atoms with E-state index >= 15 is 0 Å². The number of hydrogen-bond donors (Lipinski definition) is 4. The molecule has 8 nitrogen and oxygen atoms in total. The van der Waals surface area contributed by atoms with Crippen molar-refractivity contribution >= 4 is 35.6 Å². The summed E-state index contributed by atoms with van der Waals surface area (Å²) in [5, 5.41) is 15.9. The van der Waals surface area contributed by atoms with Gasteiger partial charge in [0.2, 0.25) is 11.8 Å². The molecule has 0 aliphatic carbocycles. The average molecular weight is 319 g/mol. The van der Waals surface area contributed by atoms with E-state index in [4.69, 9.17) is 5.11 Å². The molecule has 120 valence electrons. The van der Waals surface area contributed by atoms with Crippen LogP contribution in [-0.4, -0.2) is 52.5 Å². The van der Waals surface area contributed by atoms with Gasteiger partial charge < -0.3 is 15.7 Å². The Labute approximate surface area is 127 Å². The van der Waals surface area contributed by atoms with Gasteiger partial charge in [-0.05, 0) is 26.0 Å². The van der Waals surface area contributed by atoms with Crippen LogP contribution >= 0.6 is 11.8 Å². The number of amides is 4. The van der Waals surface area contributed by atoms with E-state index in [0.717, 1.165) is 0 Å². The van der Waals surface area contributed by atoms with Crippen molar-refractivity contribution in [2.75, 3.05) is 11.5 Å². The minimum absolute atomic E-state index is 0.0396. The quantitative estimate of drug-likeness (QED) is 0.464. The predicted molar refractivity (Wildman–Crippen MR) is 79.0 cm³/mol. The molecule has 0 aromatic rings. The highest BCUT2D eigenvalue weighted by atomic mass is 32.2. The van der Waals surface area contributed by atoms with Crippen molar-refractivity contribution in [1.29, 1.82) is 0 Å². The number of urea groups is 1. The van der Waals surface area contributed by atoms with E-state index in [1.54, 1.807) is 13.8 Å². The molecule has 4 amide bonds. The third-order valence-corrected chi connectivity index (χ3v) is 3.12. The van der Waals surface area contributed by atoms with Crippen LogP contribution in [0, 0.1) is 0 Å². The van der Waals surface area contributed by atoms with Gasteiger partial charge in [0, 0.05) is 13.0 Å². The largest absolute Gasteiger partial charge is 0.480 e. The normalized spacial score (nSPS) is 11.6. The van der Waals surface area contributed by atoms with E-state index in [1.807, 2.05) is 0 Å². The first-order valence-electron chi connectivity index (χ1n) is 6.40. The maximum Gasteiger partial charge on any atom is 0.326 e. The highest BCUT2D eigenvalue weighted by Gasteiger charge is 2.18. The number of aliphatic carboxylic acids is 1. The first kappa shape index (κ1) is 19.2. The minimum Gasteiger partial charge on any atom is -0.480 e. The van der Waals surface area contributed by atoms with Crippen LogP contribution in [0.4, 0.5) is 4.79 Å². The Morgan fingerprint density at radius 3 is 2.24 bits per heavy atom. The molecule has 0 saturated heterocycles. The van der Waals surface area contributed by atoms with Crippen molar-refractivity contribution in [1.82, 2.24) is 16.0 Å². The molecular weight excluding hydrogens is 298 g/mol. The van der Waals surface area contributed by atoms with Crippen molar-refractivity contribution in [3.05, 3.63) is 0 Å². The summed E-state index contributed by atoms with van der Waals surface area (Å²) in [5.74, 6) is -1.58. The van der Waals surface area contributed by atoms with E-state index < -0.39 is 29.9 Å². The van der Waals surface area contributed by atoms with Crippen molar-refractivity contribution in [2.24, 2.45) is 0 Å². The summed E-state index contributed by atoms with van der Waals surface area (Å²) in [5.41, 5.74) is 0. The molecule has 0 fully saturated rings. The summed E-state index contributed by atoms with van der Waals surface area (Å²) < 4.78 is 0. The van der Waals surface area contributed by atoms with E-state index in [9.17, 15) is 19.2 Å². The molecular formula is C12H21N3O5S. The Balaban J connectivity index is 3.92. The molecule has 0 aromatic carbocycles. The molecule has 1 atom stereocenters. The van der Waals surface area contributed by atoms with Gasteiger partial charge in [-0.2, -0.15) is 11.8 Å². The number of carbonyl (C=O) groups excluding carboxylic acids is 3. The summed E-state index contributed by atoms with van der Waals surface area (Å²) >= 11 is 1.19. The van der Waals surface area contributed by atoms with Crippen LogP contribution in [0.5, 0.6) is 0 Å². The van der Waals surface area contributed by atoms with E-state index in [-0.39, 0.29) is 18.2 Å². The fourth-order valence-corrected chi connectivity index (χ4v) is 2.13. The molecule has 0 aromatic heterocycles. The number of thioether (sulfide) groups is 1. The zero-order valence-electron chi connectivity index (χ0n) is 12.3. The van der Waals surface area contributed by atoms with E-state index in [2.05, 4.69) is 16.0 Å². The van der Waals surface area contributed by atoms with Gasteiger partial charge in [-0.25, -0.2) is 9.59 Å². The Kier molecular flexibility index (Phi) is 9.18. The lowest BCUT2D eigenvalue weighted by Crippen LogP contribution is -2.43. The van der Waals surface area contributed by atoms with Gasteiger partial charge in [-0.3, -0.25) is 14.9 Å². The number of carboxylic acid groups (broad SMARTS) is 1. The van der Waals surface area contributed by atoms with Crippen LogP contribution in [0.1, 0.15) is 27.2 Å². The second-order valence-corrected chi connectivity index (χ2v) is 5.71. The van der Waals surface area contributed by atoms with Crippen LogP contribution in [0.25, 0.3) is 0 Å². The second-order valence-electron chi connectivity index (χ2n) is 4.61. The molecule has 1 unspecified atom stereocenters. The van der Waals surface area contributed by atoms with E-state index in [1.165, 1.54) is 18.7 Å². The maximum absolute atomic E-state index is 11.4. The van der Waals surface area contributed by atoms with Gasteiger partial charge in [0.15, 0.2) is 0 Å². The standard InChI is InChI=1S/C12H21N3O5S/c1-7(2)13-12(20)15-10(17)6-21-5-4-9(11(18)19)14-8(3)16/h7,9H,4-6H2,1-3H3,(H,14,16)(H,18,19)(H2,13,15,17,20). The zero-order valence-corrected chi connectivity index (χ0v) is 13.1. The van der Waals surface area contributed by atoms with Gasteiger partial charge in [-0.1, -0.05) is 0 Å². The molecule has 0 heterocycles. The smallest absolute Gasteiger partial charge is 0.326 e. The van der Waals surface area contributed by atoms with Crippen LogP contribution in [-0.2, 0) is 14.4 Å².